The maximum Gasteiger partial charge on any atom is 0.0820 e. The highest BCUT2D eigenvalue weighted by Crippen LogP contribution is 2.31. The molecule has 0 aromatic carbocycles. The predicted octanol–water partition coefficient (Wildman–Crippen LogP) is 0.929. The van der Waals surface area contributed by atoms with Gasteiger partial charge in [-0.3, -0.25) is 0 Å². The van der Waals surface area contributed by atoms with Crippen LogP contribution in [0.5, 0.6) is 0 Å². The van der Waals surface area contributed by atoms with E-state index in [-0.39, 0.29) is 4.65 Å². The van der Waals surface area contributed by atoms with Gasteiger partial charge in [0.1, 0.15) is 0 Å². The van der Waals surface area contributed by atoms with Gasteiger partial charge in [0.2, 0.25) is 0 Å². The molecule has 3 aliphatic rings. The van der Waals surface area contributed by atoms with Crippen molar-refractivity contribution in [3.05, 3.63) is 11.6 Å². The summed E-state index contributed by atoms with van der Waals surface area (Å²) in [6.07, 6.45) is 4.49. The van der Waals surface area contributed by atoms with Crippen molar-refractivity contribution in [1.29, 1.82) is 0 Å². The monoisotopic (exact) mass is 126 g/mol. The Hall–Kier alpha value is -0.0800. The molecule has 51 valence electrons. The normalized spacial score (nSPS) is 49.7. The van der Waals surface area contributed by atoms with Gasteiger partial charge in [-0.15, -0.1) is 0 Å². The van der Waals surface area contributed by atoms with Crippen LogP contribution >= 0.6 is 0 Å². The minimum Gasteiger partial charge on any atom is -0.633 e. The molecule has 0 atom stereocenters. The lowest BCUT2D eigenvalue weighted by Crippen LogP contribution is -2.54. The van der Waals surface area contributed by atoms with Crippen molar-refractivity contribution in [2.45, 2.75) is 12.8 Å². The van der Waals surface area contributed by atoms with Crippen LogP contribution in [-0.4, -0.2) is 24.3 Å². The van der Waals surface area contributed by atoms with Crippen LogP contribution in [0.2, 0.25) is 0 Å². The SMILES string of the molecule is [O-][N+]12C[CH]C(CC1)CC2. The van der Waals surface area contributed by atoms with Crippen LogP contribution in [0.4, 0.5) is 0 Å². The van der Waals surface area contributed by atoms with Crippen molar-refractivity contribution in [1.82, 2.24) is 0 Å². The standard InChI is InChI=1S/C7H12NO/c9-8-4-1-7(2-5-8)3-6-8/h1,7H,2-6H2. The lowest BCUT2D eigenvalue weighted by molar-refractivity contribution is -0.890. The van der Waals surface area contributed by atoms with E-state index in [1.54, 1.807) is 0 Å². The molecule has 2 bridgehead atoms. The number of hydrogen-bond donors (Lipinski definition) is 0. The minimum absolute atomic E-state index is 0.0799. The van der Waals surface area contributed by atoms with Crippen LogP contribution in [0, 0.1) is 17.5 Å². The van der Waals surface area contributed by atoms with Gasteiger partial charge in [0.05, 0.1) is 19.6 Å². The van der Waals surface area contributed by atoms with Gasteiger partial charge in [0, 0.05) is 19.3 Å². The molecule has 0 aliphatic carbocycles. The molecule has 3 saturated heterocycles. The topological polar surface area (TPSA) is 23.1 Å². The summed E-state index contributed by atoms with van der Waals surface area (Å²) in [4.78, 5) is 0. The molecule has 9 heavy (non-hydrogen) atoms. The molecule has 0 aromatic rings. The molecule has 0 aromatic heterocycles. The predicted molar refractivity (Wildman–Crippen MR) is 35.3 cm³/mol. The van der Waals surface area contributed by atoms with Gasteiger partial charge in [-0.1, -0.05) is 0 Å². The van der Waals surface area contributed by atoms with Gasteiger partial charge < -0.3 is 9.85 Å². The summed E-state index contributed by atoms with van der Waals surface area (Å²) in [6, 6.07) is 0. The van der Waals surface area contributed by atoms with Gasteiger partial charge in [0.25, 0.3) is 0 Å². The van der Waals surface area contributed by atoms with Crippen molar-refractivity contribution >= 4 is 0 Å². The Kier molecular flexibility index (Phi) is 1.08. The van der Waals surface area contributed by atoms with E-state index in [2.05, 4.69) is 6.42 Å². The Bertz CT molecular complexity index is 102. The Balaban J connectivity index is 2.11. The fraction of sp³-hybridized carbons (Fsp3) is 0.857. The zero-order valence-corrected chi connectivity index (χ0v) is 5.55. The first kappa shape index (κ1) is 5.69. The summed E-state index contributed by atoms with van der Waals surface area (Å²) >= 11 is 0. The molecule has 2 nitrogen and oxygen atoms in total. The third-order valence-electron chi connectivity index (χ3n) is 2.59. The van der Waals surface area contributed by atoms with Crippen molar-refractivity contribution < 1.29 is 4.65 Å². The van der Waals surface area contributed by atoms with E-state index in [1.807, 2.05) is 0 Å². The number of hydrogen-bond acceptors (Lipinski definition) is 1. The average molecular weight is 126 g/mol. The van der Waals surface area contributed by atoms with Crippen LogP contribution in [0.1, 0.15) is 12.8 Å². The fourth-order valence-electron chi connectivity index (χ4n) is 1.82. The van der Waals surface area contributed by atoms with Crippen LogP contribution in [0.3, 0.4) is 0 Å². The van der Waals surface area contributed by atoms with Crippen LogP contribution in [0.25, 0.3) is 0 Å². The number of nitrogens with zero attached hydrogens (tertiary/aromatic N) is 1. The zero-order valence-electron chi connectivity index (χ0n) is 5.55. The maximum atomic E-state index is 11.4. The molecule has 1 radical (unpaired) electrons. The molecule has 3 fully saturated rings. The second-order valence-corrected chi connectivity index (χ2v) is 3.26. The number of piperidine rings is 3. The van der Waals surface area contributed by atoms with E-state index < -0.39 is 0 Å². The number of fused-ring (bicyclic) bond motifs is 3. The molecular weight excluding hydrogens is 114 g/mol. The van der Waals surface area contributed by atoms with E-state index in [4.69, 9.17) is 0 Å². The molecule has 3 rings (SSSR count). The highest BCUT2D eigenvalue weighted by molar-refractivity contribution is 4.85. The van der Waals surface area contributed by atoms with Crippen LogP contribution < -0.4 is 0 Å². The Morgan fingerprint density at radius 1 is 1.33 bits per heavy atom. The summed E-state index contributed by atoms with van der Waals surface area (Å²) in [7, 11) is 0. The third-order valence-corrected chi connectivity index (χ3v) is 2.59. The van der Waals surface area contributed by atoms with E-state index in [0.717, 1.165) is 38.4 Å². The number of hydroxylamine groups is 3. The second-order valence-electron chi connectivity index (χ2n) is 3.26. The highest BCUT2D eigenvalue weighted by Gasteiger charge is 2.33. The lowest BCUT2D eigenvalue weighted by atomic mass is 9.88. The summed E-state index contributed by atoms with van der Waals surface area (Å²) < 4.78 is 0.0799. The first-order valence-corrected chi connectivity index (χ1v) is 3.69. The quantitative estimate of drug-likeness (QED) is 0.350. The van der Waals surface area contributed by atoms with Gasteiger partial charge >= 0.3 is 0 Å². The molecule has 0 saturated carbocycles. The van der Waals surface area contributed by atoms with E-state index >= 15 is 0 Å². The Morgan fingerprint density at radius 3 is 2.22 bits per heavy atom. The van der Waals surface area contributed by atoms with E-state index in [9.17, 15) is 5.21 Å². The molecule has 0 spiro atoms. The van der Waals surface area contributed by atoms with Crippen LogP contribution in [-0.2, 0) is 0 Å². The van der Waals surface area contributed by atoms with E-state index in [1.165, 1.54) is 0 Å². The van der Waals surface area contributed by atoms with Crippen molar-refractivity contribution in [2.75, 3.05) is 19.6 Å². The van der Waals surface area contributed by atoms with Gasteiger partial charge in [0.15, 0.2) is 0 Å². The Labute approximate surface area is 55.6 Å². The second kappa shape index (κ2) is 1.70. The highest BCUT2D eigenvalue weighted by atomic mass is 16.5. The van der Waals surface area contributed by atoms with E-state index in [0.29, 0.717) is 0 Å². The first-order valence-electron chi connectivity index (χ1n) is 3.69. The number of quaternary nitrogens is 1. The lowest BCUT2D eigenvalue weighted by Gasteiger charge is -2.52. The number of rotatable bonds is 0. The third kappa shape index (κ3) is 0.864. The summed E-state index contributed by atoms with van der Waals surface area (Å²) in [6.45, 7) is 2.53. The molecule has 3 aliphatic heterocycles. The molecule has 0 N–H and O–H groups in total. The first-order chi connectivity index (χ1) is 4.29. The molecule has 0 unspecified atom stereocenters. The molecular formula is C7H12NO. The summed E-state index contributed by atoms with van der Waals surface area (Å²) in [5.41, 5.74) is 0. The van der Waals surface area contributed by atoms with Gasteiger partial charge in [-0.2, -0.15) is 0 Å². The smallest absolute Gasteiger partial charge is 0.0820 e. The largest absolute Gasteiger partial charge is 0.633 e. The van der Waals surface area contributed by atoms with Gasteiger partial charge in [-0.25, -0.2) is 0 Å². The van der Waals surface area contributed by atoms with Crippen LogP contribution in [0.15, 0.2) is 0 Å². The molecule has 3 heterocycles. The Morgan fingerprint density at radius 2 is 2.00 bits per heavy atom. The zero-order chi connectivity index (χ0) is 6.32. The van der Waals surface area contributed by atoms with Crippen molar-refractivity contribution in [3.8, 4) is 0 Å². The van der Waals surface area contributed by atoms with Crippen molar-refractivity contribution in [3.63, 3.8) is 0 Å². The molecule has 2 heteroatoms. The fourth-order valence-corrected chi connectivity index (χ4v) is 1.82. The van der Waals surface area contributed by atoms with Crippen molar-refractivity contribution in [2.24, 2.45) is 5.92 Å². The molecule has 0 amide bonds. The summed E-state index contributed by atoms with van der Waals surface area (Å²) in [5.74, 6) is 0.791. The average Bonchev–Trinajstić information content (AvgIpc) is 1.90. The minimum atomic E-state index is 0.0799. The maximum absolute atomic E-state index is 11.4. The van der Waals surface area contributed by atoms with Gasteiger partial charge in [-0.05, 0) is 5.92 Å². The summed E-state index contributed by atoms with van der Waals surface area (Å²) in [5, 5.41) is 11.4.